The molecular formula is C17H16N4OS2. The molecule has 0 fully saturated rings. The van der Waals surface area contributed by atoms with Crippen LogP contribution < -0.4 is 5.32 Å². The number of rotatable bonds is 5. The highest BCUT2D eigenvalue weighted by molar-refractivity contribution is 8.00. The first-order chi connectivity index (χ1) is 11.6. The van der Waals surface area contributed by atoms with Gasteiger partial charge in [0.2, 0.25) is 5.91 Å². The summed E-state index contributed by atoms with van der Waals surface area (Å²) in [6.45, 7) is 3.71. The lowest BCUT2D eigenvalue weighted by Crippen LogP contribution is -2.22. The van der Waals surface area contributed by atoms with E-state index in [-0.39, 0.29) is 11.2 Å². The van der Waals surface area contributed by atoms with Crippen molar-refractivity contribution in [1.29, 1.82) is 0 Å². The molecule has 7 heteroatoms. The summed E-state index contributed by atoms with van der Waals surface area (Å²) in [4.78, 5) is 25.2. The Morgan fingerprint density at radius 2 is 2.04 bits per heavy atom. The summed E-state index contributed by atoms with van der Waals surface area (Å²) < 4.78 is 0. The van der Waals surface area contributed by atoms with Gasteiger partial charge in [-0.1, -0.05) is 42.1 Å². The largest absolute Gasteiger partial charge is 0.301 e. The average Bonchev–Trinajstić information content (AvgIpc) is 3.08. The van der Waals surface area contributed by atoms with Gasteiger partial charge in [-0.2, -0.15) is 0 Å². The molecule has 0 saturated heterocycles. The minimum absolute atomic E-state index is 0.0903. The lowest BCUT2D eigenvalue weighted by molar-refractivity contribution is -0.115. The lowest BCUT2D eigenvalue weighted by Gasteiger charge is -2.11. The second kappa shape index (κ2) is 7.55. The molecule has 24 heavy (non-hydrogen) atoms. The number of nitrogens with zero attached hydrogens (tertiary/aromatic N) is 3. The smallest absolute Gasteiger partial charge is 0.239 e. The van der Waals surface area contributed by atoms with Crippen molar-refractivity contribution in [3.63, 3.8) is 0 Å². The number of amides is 1. The van der Waals surface area contributed by atoms with E-state index < -0.39 is 0 Å². The molecule has 0 aliphatic rings. The van der Waals surface area contributed by atoms with E-state index in [2.05, 4.69) is 20.3 Å². The Kier molecular flexibility index (Phi) is 5.22. The summed E-state index contributed by atoms with van der Waals surface area (Å²) >= 11 is 2.81. The molecule has 0 aliphatic heterocycles. The van der Waals surface area contributed by atoms with Crippen molar-refractivity contribution in [3.05, 3.63) is 53.8 Å². The van der Waals surface area contributed by atoms with Crippen LogP contribution in [0.1, 0.15) is 12.7 Å². The molecule has 0 unspecified atom stereocenters. The van der Waals surface area contributed by atoms with Crippen LogP contribution in [0.3, 0.4) is 0 Å². The van der Waals surface area contributed by atoms with Gasteiger partial charge >= 0.3 is 0 Å². The highest BCUT2D eigenvalue weighted by atomic mass is 32.2. The van der Waals surface area contributed by atoms with Gasteiger partial charge in [0.1, 0.15) is 10.9 Å². The number of hydrogen-bond acceptors (Lipinski definition) is 6. The molecule has 3 aromatic rings. The second-order valence-electron chi connectivity index (χ2n) is 5.09. The minimum Gasteiger partial charge on any atom is -0.301 e. The van der Waals surface area contributed by atoms with Crippen LogP contribution in [0.15, 0.2) is 53.0 Å². The molecule has 5 nitrogen and oxygen atoms in total. The SMILES string of the molecule is Cc1nc(S[C@@H](C)C(=O)Nc2nccs2)cc(-c2ccccc2)n1. The van der Waals surface area contributed by atoms with Gasteiger partial charge in [-0.25, -0.2) is 15.0 Å². The average molecular weight is 356 g/mol. The number of nitrogens with one attached hydrogen (secondary N) is 1. The van der Waals surface area contributed by atoms with Gasteiger partial charge in [-0.15, -0.1) is 11.3 Å². The maximum Gasteiger partial charge on any atom is 0.239 e. The summed E-state index contributed by atoms with van der Waals surface area (Å²) in [5, 5.41) is 5.74. The monoisotopic (exact) mass is 356 g/mol. The molecule has 2 heterocycles. The fourth-order valence-corrected chi connectivity index (χ4v) is 3.51. The third-order valence-electron chi connectivity index (χ3n) is 3.21. The maximum absolute atomic E-state index is 12.2. The van der Waals surface area contributed by atoms with Crippen LogP contribution in [0.4, 0.5) is 5.13 Å². The zero-order valence-electron chi connectivity index (χ0n) is 13.3. The summed E-state index contributed by atoms with van der Waals surface area (Å²) in [7, 11) is 0. The van der Waals surface area contributed by atoms with Crippen molar-refractivity contribution in [2.75, 3.05) is 5.32 Å². The number of anilines is 1. The lowest BCUT2D eigenvalue weighted by atomic mass is 10.1. The van der Waals surface area contributed by atoms with Crippen LogP contribution in [0.5, 0.6) is 0 Å². The van der Waals surface area contributed by atoms with E-state index in [4.69, 9.17) is 0 Å². The molecule has 122 valence electrons. The van der Waals surface area contributed by atoms with Gasteiger partial charge in [-0.05, 0) is 19.9 Å². The van der Waals surface area contributed by atoms with Crippen LogP contribution in [-0.2, 0) is 4.79 Å². The minimum atomic E-state index is -0.285. The zero-order chi connectivity index (χ0) is 16.9. The summed E-state index contributed by atoms with van der Waals surface area (Å²) in [5.41, 5.74) is 1.89. The molecule has 1 amide bonds. The third kappa shape index (κ3) is 4.18. The topological polar surface area (TPSA) is 67.8 Å². The van der Waals surface area contributed by atoms with Crippen molar-refractivity contribution < 1.29 is 4.79 Å². The highest BCUT2D eigenvalue weighted by Gasteiger charge is 2.17. The molecule has 1 aromatic carbocycles. The van der Waals surface area contributed by atoms with Crippen LogP contribution in [0, 0.1) is 6.92 Å². The van der Waals surface area contributed by atoms with Crippen molar-refractivity contribution >= 4 is 34.1 Å². The van der Waals surface area contributed by atoms with Crippen molar-refractivity contribution in [3.8, 4) is 11.3 Å². The van der Waals surface area contributed by atoms with E-state index in [0.717, 1.165) is 16.3 Å². The van der Waals surface area contributed by atoms with Crippen molar-refractivity contribution in [1.82, 2.24) is 15.0 Å². The molecule has 1 atom stereocenters. The van der Waals surface area contributed by atoms with Gasteiger partial charge in [0, 0.05) is 17.1 Å². The van der Waals surface area contributed by atoms with Crippen molar-refractivity contribution in [2.24, 2.45) is 0 Å². The number of carbonyl (C=O) groups excluding carboxylic acids is 1. The predicted octanol–water partition coefficient (Wildman–Crippen LogP) is 4.03. The van der Waals surface area contributed by atoms with E-state index >= 15 is 0 Å². The molecule has 3 rings (SSSR count). The summed E-state index contributed by atoms with van der Waals surface area (Å²) in [6.07, 6.45) is 1.66. The van der Waals surface area contributed by atoms with Crippen LogP contribution in [0.25, 0.3) is 11.3 Å². The Labute approximate surface area is 148 Å². The second-order valence-corrected chi connectivity index (χ2v) is 7.35. The van der Waals surface area contributed by atoms with Crippen LogP contribution >= 0.6 is 23.1 Å². The Hall–Kier alpha value is -2.25. The number of benzene rings is 1. The van der Waals surface area contributed by atoms with E-state index in [1.165, 1.54) is 23.1 Å². The molecule has 0 radical (unpaired) electrons. The van der Waals surface area contributed by atoms with Gasteiger partial charge in [0.25, 0.3) is 0 Å². The first-order valence-electron chi connectivity index (χ1n) is 7.40. The normalized spacial score (nSPS) is 11.9. The Balaban J connectivity index is 1.75. The molecule has 0 aliphatic carbocycles. The van der Waals surface area contributed by atoms with E-state index in [0.29, 0.717) is 11.0 Å². The number of thiazole rings is 1. The number of carbonyl (C=O) groups is 1. The summed E-state index contributed by atoms with van der Waals surface area (Å²) in [6, 6.07) is 11.9. The zero-order valence-corrected chi connectivity index (χ0v) is 14.9. The molecule has 2 aromatic heterocycles. The maximum atomic E-state index is 12.2. The standard InChI is InChI=1S/C17H16N4OS2/c1-11(16(22)21-17-18-8-9-23-17)24-15-10-14(19-12(2)20-15)13-6-4-3-5-7-13/h3-11H,1-2H3,(H,18,21,22)/t11-/m0/s1. The van der Waals surface area contributed by atoms with E-state index in [1.807, 2.05) is 55.6 Å². The van der Waals surface area contributed by atoms with Gasteiger partial charge in [0.15, 0.2) is 5.13 Å². The first kappa shape index (κ1) is 16.6. The fourth-order valence-electron chi connectivity index (χ4n) is 2.08. The fraction of sp³-hybridized carbons (Fsp3) is 0.176. The quantitative estimate of drug-likeness (QED) is 0.552. The van der Waals surface area contributed by atoms with E-state index in [9.17, 15) is 4.79 Å². The Morgan fingerprint density at radius 3 is 2.75 bits per heavy atom. The number of aromatic nitrogens is 3. The molecule has 0 spiro atoms. The predicted molar refractivity (Wildman–Crippen MR) is 98.3 cm³/mol. The van der Waals surface area contributed by atoms with Crippen LogP contribution in [-0.4, -0.2) is 26.1 Å². The number of hydrogen-bond donors (Lipinski definition) is 1. The van der Waals surface area contributed by atoms with E-state index in [1.54, 1.807) is 6.20 Å². The van der Waals surface area contributed by atoms with Gasteiger partial charge in [-0.3, -0.25) is 4.79 Å². The van der Waals surface area contributed by atoms with Gasteiger partial charge in [0.05, 0.1) is 10.9 Å². The summed E-state index contributed by atoms with van der Waals surface area (Å²) in [5.74, 6) is 0.596. The first-order valence-corrected chi connectivity index (χ1v) is 9.16. The number of thioether (sulfide) groups is 1. The van der Waals surface area contributed by atoms with Gasteiger partial charge < -0.3 is 5.32 Å². The van der Waals surface area contributed by atoms with Crippen molar-refractivity contribution in [2.45, 2.75) is 24.1 Å². The van der Waals surface area contributed by atoms with Crippen LogP contribution in [0.2, 0.25) is 0 Å². The molecule has 0 saturated carbocycles. The number of aryl methyl sites for hydroxylation is 1. The third-order valence-corrected chi connectivity index (χ3v) is 4.92. The molecule has 1 N–H and O–H groups in total. The highest BCUT2D eigenvalue weighted by Crippen LogP contribution is 2.26. The molecule has 0 bridgehead atoms. The molecular weight excluding hydrogens is 340 g/mol. The Morgan fingerprint density at radius 1 is 1.25 bits per heavy atom. The Bertz CT molecular complexity index is 822.